The van der Waals surface area contributed by atoms with E-state index in [4.69, 9.17) is 4.74 Å². The van der Waals surface area contributed by atoms with Gasteiger partial charge >= 0.3 is 5.97 Å². The number of ether oxygens (including phenoxy) is 1. The van der Waals surface area contributed by atoms with Crippen molar-refractivity contribution in [3.05, 3.63) is 39.3 Å². The number of thioether (sulfide) groups is 1. The summed E-state index contributed by atoms with van der Waals surface area (Å²) in [5.41, 5.74) is 0.513. The molecule has 0 saturated carbocycles. The average Bonchev–Trinajstić information content (AvgIpc) is 2.89. The van der Waals surface area contributed by atoms with Crippen LogP contribution in [0.5, 0.6) is 0 Å². The minimum Gasteiger partial charge on any atom is -0.449 e. The van der Waals surface area contributed by atoms with Crippen LogP contribution >= 0.6 is 39.0 Å². The second kappa shape index (κ2) is 8.17. The van der Waals surface area contributed by atoms with Crippen molar-refractivity contribution in [1.82, 2.24) is 10.2 Å². The van der Waals surface area contributed by atoms with Crippen molar-refractivity contribution in [2.45, 2.75) is 11.3 Å². The van der Waals surface area contributed by atoms with E-state index in [0.29, 0.717) is 11.3 Å². The van der Waals surface area contributed by atoms with E-state index in [1.54, 1.807) is 24.3 Å². The van der Waals surface area contributed by atoms with Crippen LogP contribution in [0.4, 0.5) is 0 Å². The lowest BCUT2D eigenvalue weighted by atomic mass is 10.2. The quantitative estimate of drug-likeness (QED) is 0.459. The van der Waals surface area contributed by atoms with E-state index >= 15 is 0 Å². The standard InChI is InChI=1S/C14H11BrN2O2S2/c1-10-16-17-14(21-10)20-9-3-2-8-19-13(18)11-4-6-12(15)7-5-11/h4-7H,8-9H2,1H3. The van der Waals surface area contributed by atoms with Crippen LogP contribution < -0.4 is 0 Å². The summed E-state index contributed by atoms with van der Waals surface area (Å²) in [4.78, 5) is 11.7. The largest absolute Gasteiger partial charge is 0.449 e. The second-order valence-electron chi connectivity index (χ2n) is 3.81. The van der Waals surface area contributed by atoms with Gasteiger partial charge in [-0.05, 0) is 31.2 Å². The average molecular weight is 383 g/mol. The molecule has 7 heteroatoms. The van der Waals surface area contributed by atoms with Gasteiger partial charge in [-0.25, -0.2) is 4.79 Å². The predicted molar refractivity (Wildman–Crippen MR) is 87.6 cm³/mol. The maximum atomic E-state index is 11.7. The van der Waals surface area contributed by atoms with Gasteiger partial charge in [-0.3, -0.25) is 0 Å². The van der Waals surface area contributed by atoms with E-state index in [1.807, 2.05) is 6.92 Å². The monoisotopic (exact) mass is 382 g/mol. The first-order valence-corrected chi connectivity index (χ1v) is 8.56. The summed E-state index contributed by atoms with van der Waals surface area (Å²) in [5.74, 6) is 5.96. The van der Waals surface area contributed by atoms with E-state index < -0.39 is 0 Å². The lowest BCUT2D eigenvalue weighted by molar-refractivity contribution is 0.0556. The molecule has 0 fully saturated rings. The molecule has 2 aromatic rings. The number of esters is 1. The number of aromatic nitrogens is 2. The Kier molecular flexibility index (Phi) is 6.23. The smallest absolute Gasteiger partial charge is 0.339 e. The Morgan fingerprint density at radius 1 is 1.33 bits per heavy atom. The Bertz CT molecular complexity index is 674. The molecule has 0 spiro atoms. The van der Waals surface area contributed by atoms with E-state index in [-0.39, 0.29) is 12.6 Å². The van der Waals surface area contributed by atoms with Gasteiger partial charge in [-0.2, -0.15) is 0 Å². The van der Waals surface area contributed by atoms with Gasteiger partial charge in [0, 0.05) is 4.47 Å². The third-order valence-corrected chi connectivity index (χ3v) is 4.64. The van der Waals surface area contributed by atoms with Gasteiger partial charge in [0.2, 0.25) is 0 Å². The predicted octanol–water partition coefficient (Wildman–Crippen LogP) is 3.56. The highest BCUT2D eigenvalue weighted by molar-refractivity contribution is 9.10. The Labute approximate surface area is 139 Å². The minimum atomic E-state index is -0.371. The van der Waals surface area contributed by atoms with Crippen LogP contribution in [0, 0.1) is 18.8 Å². The molecule has 0 aliphatic rings. The third-order valence-electron chi connectivity index (χ3n) is 2.26. The van der Waals surface area contributed by atoms with Crippen molar-refractivity contribution >= 4 is 45.0 Å². The summed E-state index contributed by atoms with van der Waals surface area (Å²) in [6, 6.07) is 6.99. The highest BCUT2D eigenvalue weighted by atomic mass is 79.9. The van der Waals surface area contributed by atoms with Gasteiger partial charge in [0.1, 0.15) is 5.01 Å². The van der Waals surface area contributed by atoms with Crippen LogP contribution in [-0.2, 0) is 4.74 Å². The van der Waals surface area contributed by atoms with Gasteiger partial charge in [0.25, 0.3) is 0 Å². The maximum Gasteiger partial charge on any atom is 0.339 e. The first-order chi connectivity index (χ1) is 10.1. The summed E-state index contributed by atoms with van der Waals surface area (Å²) >= 11 is 6.37. The van der Waals surface area contributed by atoms with Crippen LogP contribution in [-0.4, -0.2) is 28.5 Å². The first-order valence-electron chi connectivity index (χ1n) is 5.96. The number of hydrogen-bond acceptors (Lipinski definition) is 6. The number of hydrogen-bond donors (Lipinski definition) is 0. The number of halogens is 1. The van der Waals surface area contributed by atoms with Gasteiger partial charge in [0.05, 0.1) is 11.3 Å². The molecule has 0 aliphatic carbocycles. The number of rotatable bonds is 4. The zero-order valence-electron chi connectivity index (χ0n) is 11.1. The second-order valence-corrected chi connectivity index (χ2v) is 7.13. The molecule has 21 heavy (non-hydrogen) atoms. The van der Waals surface area contributed by atoms with Gasteiger partial charge in [0.15, 0.2) is 10.9 Å². The lowest BCUT2D eigenvalue weighted by Crippen LogP contribution is -2.04. The first kappa shape index (κ1) is 16.0. The zero-order chi connectivity index (χ0) is 15.1. The van der Waals surface area contributed by atoms with Gasteiger partial charge in [-0.15, -0.1) is 10.2 Å². The molecule has 0 atom stereocenters. The normalized spacial score (nSPS) is 9.81. The molecule has 2 rings (SSSR count). The van der Waals surface area contributed by atoms with Gasteiger partial charge in [-0.1, -0.05) is 50.9 Å². The summed E-state index contributed by atoms with van der Waals surface area (Å²) < 4.78 is 6.88. The summed E-state index contributed by atoms with van der Waals surface area (Å²) in [7, 11) is 0. The lowest BCUT2D eigenvalue weighted by Gasteiger charge is -2.00. The molecular formula is C14H11BrN2O2S2. The van der Waals surface area contributed by atoms with E-state index in [2.05, 4.69) is 38.0 Å². The Balaban J connectivity index is 1.70. The van der Waals surface area contributed by atoms with E-state index in [1.165, 1.54) is 23.1 Å². The molecule has 1 aromatic carbocycles. The van der Waals surface area contributed by atoms with Crippen LogP contribution in [0.25, 0.3) is 0 Å². The molecule has 0 bridgehead atoms. The Morgan fingerprint density at radius 2 is 2.10 bits per heavy atom. The summed E-state index contributed by atoms with van der Waals surface area (Å²) in [6.07, 6.45) is 0. The van der Waals surface area contributed by atoms with Crippen LogP contribution in [0.1, 0.15) is 15.4 Å². The molecule has 1 heterocycles. The Hall–Kier alpha value is -1.36. The molecule has 0 amide bonds. The molecular weight excluding hydrogens is 372 g/mol. The van der Waals surface area contributed by atoms with Crippen LogP contribution in [0.15, 0.2) is 33.1 Å². The van der Waals surface area contributed by atoms with Crippen molar-refractivity contribution in [2.75, 3.05) is 12.4 Å². The fraction of sp³-hybridized carbons (Fsp3) is 0.214. The fourth-order valence-corrected chi connectivity index (χ4v) is 3.16. The SMILES string of the molecule is Cc1nnc(SCC#CCOC(=O)c2ccc(Br)cc2)s1. The van der Waals surface area contributed by atoms with Crippen molar-refractivity contribution in [1.29, 1.82) is 0 Å². The highest BCUT2D eigenvalue weighted by Gasteiger charge is 2.05. The topological polar surface area (TPSA) is 52.1 Å². The summed E-state index contributed by atoms with van der Waals surface area (Å²) in [5, 5.41) is 8.84. The fourth-order valence-electron chi connectivity index (χ4n) is 1.31. The maximum absolute atomic E-state index is 11.7. The highest BCUT2D eigenvalue weighted by Crippen LogP contribution is 2.20. The summed E-state index contributed by atoms with van der Waals surface area (Å²) in [6.45, 7) is 2.00. The Morgan fingerprint density at radius 3 is 2.76 bits per heavy atom. The van der Waals surface area contributed by atoms with E-state index in [0.717, 1.165) is 13.8 Å². The minimum absolute atomic E-state index is 0.0879. The molecule has 1 aromatic heterocycles. The molecule has 4 nitrogen and oxygen atoms in total. The molecule has 0 unspecified atom stereocenters. The molecule has 0 aliphatic heterocycles. The molecule has 0 saturated heterocycles. The van der Waals surface area contributed by atoms with Crippen LogP contribution in [0.2, 0.25) is 0 Å². The molecule has 0 radical (unpaired) electrons. The van der Waals surface area contributed by atoms with Crippen LogP contribution in [0.3, 0.4) is 0 Å². The number of carbonyl (C=O) groups is 1. The third kappa shape index (κ3) is 5.50. The van der Waals surface area contributed by atoms with E-state index in [9.17, 15) is 4.79 Å². The van der Waals surface area contributed by atoms with Crippen molar-refractivity contribution in [3.8, 4) is 11.8 Å². The number of aryl methyl sites for hydroxylation is 1. The zero-order valence-corrected chi connectivity index (χ0v) is 14.3. The number of nitrogens with zero attached hydrogens (tertiary/aromatic N) is 2. The number of carbonyl (C=O) groups excluding carboxylic acids is 1. The van der Waals surface area contributed by atoms with Crippen molar-refractivity contribution in [2.24, 2.45) is 0 Å². The van der Waals surface area contributed by atoms with Crippen molar-refractivity contribution < 1.29 is 9.53 Å². The number of benzene rings is 1. The molecule has 0 N–H and O–H groups in total. The molecule has 108 valence electrons. The van der Waals surface area contributed by atoms with Crippen molar-refractivity contribution in [3.63, 3.8) is 0 Å². The van der Waals surface area contributed by atoms with Gasteiger partial charge < -0.3 is 4.74 Å².